The number of aryl methyl sites for hydroxylation is 1. The average molecular weight is 433 g/mol. The van der Waals surface area contributed by atoms with Crippen molar-refractivity contribution in [2.75, 3.05) is 20.1 Å². The van der Waals surface area contributed by atoms with E-state index in [1.54, 1.807) is 53.0 Å². The van der Waals surface area contributed by atoms with E-state index in [1.807, 2.05) is 51.4 Å². The van der Waals surface area contributed by atoms with E-state index in [2.05, 4.69) is 5.10 Å². The summed E-state index contributed by atoms with van der Waals surface area (Å²) in [5.74, 6) is -1.27. The normalized spacial score (nSPS) is 11.6. The first-order valence-electron chi connectivity index (χ1n) is 10.6. The van der Waals surface area contributed by atoms with Crippen LogP contribution in [0.25, 0.3) is 11.3 Å². The van der Waals surface area contributed by atoms with Crippen LogP contribution < -0.4 is 0 Å². The first kappa shape index (κ1) is 22.9. The monoisotopic (exact) mass is 432 g/mol. The molecular weight excluding hydrogens is 404 g/mol. The SMILES string of the molecule is CCN(C(=O)C(=O)c1ccc(-c2ccn(C)n2)cc1)C(C)CN(C)C(=O)c1ccccc1. The Morgan fingerprint density at radius 1 is 0.969 bits per heavy atom. The molecule has 3 aromatic rings. The van der Waals surface area contributed by atoms with Gasteiger partial charge in [-0.2, -0.15) is 5.10 Å². The number of ketones is 1. The van der Waals surface area contributed by atoms with E-state index in [0.717, 1.165) is 11.3 Å². The third-order valence-electron chi connectivity index (χ3n) is 5.39. The Morgan fingerprint density at radius 3 is 2.19 bits per heavy atom. The van der Waals surface area contributed by atoms with Crippen LogP contribution in [0.3, 0.4) is 0 Å². The second-order valence-corrected chi connectivity index (χ2v) is 7.77. The van der Waals surface area contributed by atoms with Gasteiger partial charge in [-0.3, -0.25) is 19.1 Å². The molecule has 0 aliphatic rings. The van der Waals surface area contributed by atoms with E-state index < -0.39 is 11.7 Å². The maximum Gasteiger partial charge on any atom is 0.295 e. The minimum Gasteiger partial charge on any atom is -0.340 e. The van der Waals surface area contributed by atoms with Crippen molar-refractivity contribution in [2.24, 2.45) is 7.05 Å². The predicted molar refractivity (Wildman–Crippen MR) is 123 cm³/mol. The Balaban J connectivity index is 1.67. The third kappa shape index (κ3) is 5.11. The Hall–Kier alpha value is -3.74. The highest BCUT2D eigenvalue weighted by Gasteiger charge is 2.27. The molecular formula is C25H28N4O3. The van der Waals surface area contributed by atoms with E-state index in [9.17, 15) is 14.4 Å². The summed E-state index contributed by atoms with van der Waals surface area (Å²) in [7, 11) is 3.54. The van der Waals surface area contributed by atoms with Crippen LogP contribution in [0.2, 0.25) is 0 Å². The number of hydrogen-bond acceptors (Lipinski definition) is 4. The molecule has 0 aliphatic carbocycles. The molecule has 2 amide bonds. The number of carbonyl (C=O) groups is 3. The molecule has 0 aliphatic heterocycles. The fraction of sp³-hybridized carbons (Fsp3) is 0.280. The van der Waals surface area contributed by atoms with Gasteiger partial charge in [-0.15, -0.1) is 0 Å². The van der Waals surface area contributed by atoms with Gasteiger partial charge in [0.15, 0.2) is 0 Å². The standard InChI is InChI=1S/C25H28N4O3/c1-5-29(18(2)17-27(3)24(31)21-9-7-6-8-10-21)25(32)23(30)20-13-11-19(12-14-20)22-15-16-28(4)26-22/h6-16,18H,5,17H2,1-4H3. The summed E-state index contributed by atoms with van der Waals surface area (Å²) < 4.78 is 1.71. The van der Waals surface area contributed by atoms with Crippen LogP contribution in [0.1, 0.15) is 34.6 Å². The van der Waals surface area contributed by atoms with Gasteiger partial charge in [0.05, 0.1) is 5.69 Å². The molecule has 2 aromatic carbocycles. The molecule has 0 saturated heterocycles. The number of carbonyl (C=O) groups excluding carboxylic acids is 3. The maximum atomic E-state index is 13.0. The van der Waals surface area contributed by atoms with Crippen LogP contribution >= 0.6 is 0 Å². The quantitative estimate of drug-likeness (QED) is 0.404. The Kier molecular flexibility index (Phi) is 7.20. The van der Waals surface area contributed by atoms with Gasteiger partial charge in [0.25, 0.3) is 11.8 Å². The highest BCUT2D eigenvalue weighted by Crippen LogP contribution is 2.18. The zero-order valence-electron chi connectivity index (χ0n) is 18.9. The molecule has 1 heterocycles. The van der Waals surface area contributed by atoms with Crippen molar-refractivity contribution in [3.05, 3.63) is 78.0 Å². The van der Waals surface area contributed by atoms with E-state index in [-0.39, 0.29) is 11.9 Å². The minimum atomic E-state index is -0.578. The van der Waals surface area contributed by atoms with Crippen LogP contribution in [0.15, 0.2) is 66.9 Å². The van der Waals surface area contributed by atoms with Crippen LogP contribution in [0.5, 0.6) is 0 Å². The van der Waals surface area contributed by atoms with Gasteiger partial charge in [-0.25, -0.2) is 0 Å². The molecule has 1 unspecified atom stereocenters. The average Bonchev–Trinajstić information content (AvgIpc) is 3.25. The summed E-state index contributed by atoms with van der Waals surface area (Å²) in [6.45, 7) is 4.35. The largest absolute Gasteiger partial charge is 0.340 e. The summed E-state index contributed by atoms with van der Waals surface area (Å²) in [5.41, 5.74) is 2.58. The zero-order valence-corrected chi connectivity index (χ0v) is 18.9. The number of likely N-dealkylation sites (N-methyl/N-ethyl adjacent to an activating group) is 2. The molecule has 0 bridgehead atoms. The van der Waals surface area contributed by atoms with Crippen LogP contribution in [-0.4, -0.2) is 63.4 Å². The summed E-state index contributed by atoms with van der Waals surface area (Å²) in [6.07, 6.45) is 1.85. The van der Waals surface area contributed by atoms with Crippen molar-refractivity contribution in [3.8, 4) is 11.3 Å². The van der Waals surface area contributed by atoms with E-state index in [4.69, 9.17) is 0 Å². The van der Waals surface area contributed by atoms with Crippen molar-refractivity contribution in [1.29, 1.82) is 0 Å². The number of benzene rings is 2. The van der Waals surface area contributed by atoms with Gasteiger partial charge < -0.3 is 9.80 Å². The Labute approximate surface area is 188 Å². The molecule has 0 saturated carbocycles. The van der Waals surface area contributed by atoms with Crippen LogP contribution in [0.4, 0.5) is 0 Å². The second kappa shape index (κ2) is 10.0. The van der Waals surface area contributed by atoms with Crippen molar-refractivity contribution in [1.82, 2.24) is 19.6 Å². The van der Waals surface area contributed by atoms with Crippen molar-refractivity contribution in [2.45, 2.75) is 19.9 Å². The molecule has 0 N–H and O–H groups in total. The number of nitrogens with zero attached hydrogens (tertiary/aromatic N) is 4. The van der Waals surface area contributed by atoms with E-state index >= 15 is 0 Å². The number of hydrogen-bond donors (Lipinski definition) is 0. The molecule has 32 heavy (non-hydrogen) atoms. The van der Waals surface area contributed by atoms with Gasteiger partial charge in [-0.1, -0.05) is 42.5 Å². The zero-order chi connectivity index (χ0) is 23.3. The van der Waals surface area contributed by atoms with Gasteiger partial charge >= 0.3 is 0 Å². The van der Waals surface area contributed by atoms with Gasteiger partial charge in [0.1, 0.15) is 0 Å². The van der Waals surface area contributed by atoms with Crippen molar-refractivity contribution < 1.29 is 14.4 Å². The van der Waals surface area contributed by atoms with Gasteiger partial charge in [0, 0.05) is 56.1 Å². The molecule has 7 heteroatoms. The number of Topliss-reactive ketones (excluding diaryl/α,β-unsaturated/α-hetero) is 1. The highest BCUT2D eigenvalue weighted by atomic mass is 16.2. The topological polar surface area (TPSA) is 75.5 Å². The fourth-order valence-electron chi connectivity index (χ4n) is 3.65. The van der Waals surface area contributed by atoms with Gasteiger partial charge in [-0.05, 0) is 32.0 Å². The lowest BCUT2D eigenvalue weighted by molar-refractivity contribution is -0.128. The molecule has 1 aromatic heterocycles. The van der Waals surface area contributed by atoms with Gasteiger partial charge in [0.2, 0.25) is 5.78 Å². The smallest absolute Gasteiger partial charge is 0.295 e. The molecule has 0 fully saturated rings. The molecule has 0 spiro atoms. The van der Waals surface area contributed by atoms with Crippen LogP contribution in [-0.2, 0) is 11.8 Å². The predicted octanol–water partition coefficient (Wildman–Crippen LogP) is 3.28. The van der Waals surface area contributed by atoms with Crippen molar-refractivity contribution in [3.63, 3.8) is 0 Å². The summed E-state index contributed by atoms with van der Waals surface area (Å²) in [4.78, 5) is 41.5. The summed E-state index contributed by atoms with van der Waals surface area (Å²) in [5, 5.41) is 4.34. The molecule has 166 valence electrons. The molecule has 7 nitrogen and oxygen atoms in total. The lowest BCUT2D eigenvalue weighted by Gasteiger charge is -2.31. The third-order valence-corrected chi connectivity index (χ3v) is 5.39. The highest BCUT2D eigenvalue weighted by molar-refractivity contribution is 6.42. The Morgan fingerprint density at radius 2 is 1.62 bits per heavy atom. The summed E-state index contributed by atoms with van der Waals surface area (Å²) in [6, 6.07) is 17.4. The first-order chi connectivity index (χ1) is 15.3. The molecule has 0 radical (unpaired) electrons. The summed E-state index contributed by atoms with van der Waals surface area (Å²) >= 11 is 0. The fourth-order valence-corrected chi connectivity index (χ4v) is 3.65. The van der Waals surface area contributed by atoms with Crippen LogP contribution in [0, 0.1) is 0 Å². The maximum absolute atomic E-state index is 13.0. The molecule has 3 rings (SSSR count). The number of aromatic nitrogens is 2. The Bertz CT molecular complexity index is 1090. The molecule has 1 atom stereocenters. The van der Waals surface area contributed by atoms with E-state index in [0.29, 0.717) is 24.2 Å². The number of rotatable bonds is 8. The lowest BCUT2D eigenvalue weighted by Crippen LogP contribution is -2.48. The van der Waals surface area contributed by atoms with E-state index in [1.165, 1.54) is 4.90 Å². The first-order valence-corrected chi connectivity index (χ1v) is 10.6. The van der Waals surface area contributed by atoms with Crippen molar-refractivity contribution >= 4 is 17.6 Å². The second-order valence-electron chi connectivity index (χ2n) is 7.77. The minimum absolute atomic E-state index is 0.127. The number of amides is 2. The lowest BCUT2D eigenvalue weighted by atomic mass is 10.0.